The lowest BCUT2D eigenvalue weighted by atomic mass is 10.1. The normalized spacial score (nSPS) is 10.8. The van der Waals surface area contributed by atoms with Gasteiger partial charge in [0.2, 0.25) is 11.8 Å². The smallest absolute Gasteiger partial charge is 0.247 e. The van der Waals surface area contributed by atoms with Crippen molar-refractivity contribution in [3.8, 4) is 11.5 Å². The first-order valence-corrected chi connectivity index (χ1v) is 7.33. The van der Waals surface area contributed by atoms with Crippen molar-refractivity contribution in [2.24, 2.45) is 0 Å². The highest BCUT2D eigenvalue weighted by molar-refractivity contribution is 5.58. The number of aromatic nitrogens is 2. The monoisotopic (exact) mass is 294 g/mol. The van der Waals surface area contributed by atoms with Gasteiger partial charge in [0.05, 0.1) is 13.2 Å². The third kappa shape index (κ3) is 3.59. The molecule has 3 aromatic rings. The summed E-state index contributed by atoms with van der Waals surface area (Å²) in [4.78, 5) is 0. The molecule has 4 nitrogen and oxygen atoms in total. The van der Waals surface area contributed by atoms with Crippen LogP contribution in [0.25, 0.3) is 11.5 Å². The van der Waals surface area contributed by atoms with E-state index in [1.165, 1.54) is 5.56 Å². The highest BCUT2D eigenvalue weighted by Gasteiger charge is 2.10. The Balaban J connectivity index is 1.61. The van der Waals surface area contributed by atoms with Crippen LogP contribution in [0.1, 0.15) is 17.0 Å². The molecule has 0 amide bonds. The van der Waals surface area contributed by atoms with Crippen molar-refractivity contribution in [3.05, 3.63) is 71.6 Å². The van der Waals surface area contributed by atoms with E-state index in [0.29, 0.717) is 25.0 Å². The third-order valence-corrected chi connectivity index (χ3v) is 3.40. The SMILES string of the molecule is Cc1nnc(-c2ccccc2CCOCc2ccccc2)o1. The summed E-state index contributed by atoms with van der Waals surface area (Å²) >= 11 is 0. The predicted octanol–water partition coefficient (Wildman–Crippen LogP) is 3.80. The average molecular weight is 294 g/mol. The van der Waals surface area contributed by atoms with E-state index in [0.717, 1.165) is 17.5 Å². The Morgan fingerprint density at radius 3 is 2.50 bits per heavy atom. The van der Waals surface area contributed by atoms with Gasteiger partial charge in [-0.3, -0.25) is 0 Å². The second-order valence-electron chi connectivity index (χ2n) is 5.07. The summed E-state index contributed by atoms with van der Waals surface area (Å²) in [6.07, 6.45) is 0.810. The van der Waals surface area contributed by atoms with Gasteiger partial charge in [0.1, 0.15) is 0 Å². The summed E-state index contributed by atoms with van der Waals surface area (Å²) in [5.74, 6) is 1.14. The molecular weight excluding hydrogens is 276 g/mol. The molecule has 0 bridgehead atoms. The number of hydrogen-bond donors (Lipinski definition) is 0. The highest BCUT2D eigenvalue weighted by Crippen LogP contribution is 2.22. The molecular formula is C18H18N2O2. The van der Waals surface area contributed by atoms with Gasteiger partial charge < -0.3 is 9.15 Å². The largest absolute Gasteiger partial charge is 0.421 e. The standard InChI is InChI=1S/C18H18N2O2/c1-14-19-20-18(22-14)17-10-6-5-9-16(17)11-12-21-13-15-7-3-2-4-8-15/h2-10H,11-13H2,1H3. The molecule has 0 fully saturated rings. The molecule has 0 unspecified atom stereocenters. The number of rotatable bonds is 6. The molecule has 1 heterocycles. The fourth-order valence-corrected chi connectivity index (χ4v) is 2.30. The summed E-state index contributed by atoms with van der Waals surface area (Å²) in [6.45, 7) is 3.07. The molecule has 0 saturated heterocycles. The van der Waals surface area contributed by atoms with E-state index in [1.54, 1.807) is 6.92 Å². The van der Waals surface area contributed by atoms with Gasteiger partial charge in [0, 0.05) is 12.5 Å². The van der Waals surface area contributed by atoms with Crippen molar-refractivity contribution in [1.29, 1.82) is 0 Å². The van der Waals surface area contributed by atoms with Crippen LogP contribution in [0.15, 0.2) is 59.0 Å². The predicted molar refractivity (Wildman–Crippen MR) is 84.3 cm³/mol. The zero-order valence-electron chi connectivity index (χ0n) is 12.5. The van der Waals surface area contributed by atoms with E-state index in [2.05, 4.69) is 28.4 Å². The Morgan fingerprint density at radius 1 is 0.955 bits per heavy atom. The second kappa shape index (κ2) is 7.00. The van der Waals surface area contributed by atoms with Crippen molar-refractivity contribution in [2.75, 3.05) is 6.61 Å². The molecule has 0 aliphatic rings. The molecule has 22 heavy (non-hydrogen) atoms. The lowest BCUT2D eigenvalue weighted by Gasteiger charge is -2.07. The Bertz CT molecular complexity index is 723. The molecule has 0 N–H and O–H groups in total. The van der Waals surface area contributed by atoms with Gasteiger partial charge in [0.15, 0.2) is 0 Å². The summed E-state index contributed by atoms with van der Waals surface area (Å²) in [5, 5.41) is 7.99. The van der Waals surface area contributed by atoms with Gasteiger partial charge >= 0.3 is 0 Å². The average Bonchev–Trinajstić information content (AvgIpc) is 2.99. The van der Waals surface area contributed by atoms with Crippen molar-refractivity contribution >= 4 is 0 Å². The van der Waals surface area contributed by atoms with Crippen LogP contribution in [0.5, 0.6) is 0 Å². The first kappa shape index (κ1) is 14.5. The number of nitrogens with zero attached hydrogens (tertiary/aromatic N) is 2. The van der Waals surface area contributed by atoms with Gasteiger partial charge in [0.25, 0.3) is 0 Å². The minimum absolute atomic E-state index is 0.566. The van der Waals surface area contributed by atoms with Crippen LogP contribution in [0.4, 0.5) is 0 Å². The van der Waals surface area contributed by atoms with Crippen LogP contribution in [-0.2, 0) is 17.8 Å². The lowest BCUT2D eigenvalue weighted by Crippen LogP contribution is -2.00. The van der Waals surface area contributed by atoms with Crippen LogP contribution in [0.2, 0.25) is 0 Å². The first-order chi connectivity index (χ1) is 10.8. The zero-order chi connectivity index (χ0) is 15.2. The van der Waals surface area contributed by atoms with Crippen LogP contribution >= 0.6 is 0 Å². The van der Waals surface area contributed by atoms with Gasteiger partial charge in [-0.2, -0.15) is 0 Å². The fraction of sp³-hybridized carbons (Fsp3) is 0.222. The molecule has 4 heteroatoms. The Labute approximate surface area is 129 Å². The number of ether oxygens (including phenoxy) is 1. The Hall–Kier alpha value is -2.46. The Kier molecular flexibility index (Phi) is 4.61. The fourth-order valence-electron chi connectivity index (χ4n) is 2.30. The van der Waals surface area contributed by atoms with Crippen LogP contribution in [0.3, 0.4) is 0 Å². The van der Waals surface area contributed by atoms with Crippen LogP contribution in [-0.4, -0.2) is 16.8 Å². The maximum absolute atomic E-state index is 5.75. The number of benzene rings is 2. The maximum Gasteiger partial charge on any atom is 0.247 e. The summed E-state index contributed by atoms with van der Waals surface area (Å²) in [6, 6.07) is 18.2. The van der Waals surface area contributed by atoms with E-state index >= 15 is 0 Å². The minimum Gasteiger partial charge on any atom is -0.421 e. The zero-order valence-corrected chi connectivity index (χ0v) is 12.5. The summed E-state index contributed by atoms with van der Waals surface area (Å²) in [7, 11) is 0. The molecule has 1 aromatic heterocycles. The first-order valence-electron chi connectivity index (χ1n) is 7.33. The Morgan fingerprint density at radius 2 is 1.73 bits per heavy atom. The molecule has 0 spiro atoms. The lowest BCUT2D eigenvalue weighted by molar-refractivity contribution is 0.124. The van der Waals surface area contributed by atoms with Gasteiger partial charge in [-0.05, 0) is 23.6 Å². The molecule has 0 aliphatic carbocycles. The van der Waals surface area contributed by atoms with E-state index in [-0.39, 0.29) is 0 Å². The quantitative estimate of drug-likeness (QED) is 0.649. The van der Waals surface area contributed by atoms with Gasteiger partial charge in [-0.25, -0.2) is 0 Å². The molecule has 0 saturated carbocycles. The number of hydrogen-bond acceptors (Lipinski definition) is 4. The van der Waals surface area contributed by atoms with Crippen molar-refractivity contribution < 1.29 is 9.15 Å². The maximum atomic E-state index is 5.75. The molecule has 0 aliphatic heterocycles. The van der Waals surface area contributed by atoms with Crippen molar-refractivity contribution in [2.45, 2.75) is 20.0 Å². The summed E-state index contributed by atoms with van der Waals surface area (Å²) in [5.41, 5.74) is 3.31. The van der Waals surface area contributed by atoms with Crippen molar-refractivity contribution in [3.63, 3.8) is 0 Å². The van der Waals surface area contributed by atoms with Gasteiger partial charge in [-0.1, -0.05) is 48.5 Å². The third-order valence-electron chi connectivity index (χ3n) is 3.40. The van der Waals surface area contributed by atoms with Crippen LogP contribution in [0, 0.1) is 6.92 Å². The minimum atomic E-state index is 0.566. The second-order valence-corrected chi connectivity index (χ2v) is 5.07. The summed E-state index contributed by atoms with van der Waals surface area (Å²) < 4.78 is 11.3. The van der Waals surface area contributed by atoms with Crippen LogP contribution < -0.4 is 0 Å². The van der Waals surface area contributed by atoms with E-state index in [9.17, 15) is 0 Å². The van der Waals surface area contributed by atoms with E-state index in [1.807, 2.05) is 36.4 Å². The van der Waals surface area contributed by atoms with E-state index in [4.69, 9.17) is 9.15 Å². The van der Waals surface area contributed by atoms with Crippen molar-refractivity contribution in [1.82, 2.24) is 10.2 Å². The molecule has 2 aromatic carbocycles. The molecule has 0 radical (unpaired) electrons. The van der Waals surface area contributed by atoms with E-state index < -0.39 is 0 Å². The molecule has 112 valence electrons. The van der Waals surface area contributed by atoms with Gasteiger partial charge in [-0.15, -0.1) is 10.2 Å². The highest BCUT2D eigenvalue weighted by atomic mass is 16.5. The molecule has 0 atom stereocenters. The number of aryl methyl sites for hydroxylation is 1. The topological polar surface area (TPSA) is 48.2 Å². The molecule has 3 rings (SSSR count).